The number of anilines is 1. The zero-order valence-corrected chi connectivity index (χ0v) is 12.9. The summed E-state index contributed by atoms with van der Waals surface area (Å²) in [5.41, 5.74) is 9.06. The highest BCUT2D eigenvalue weighted by Crippen LogP contribution is 2.24. The predicted octanol–water partition coefficient (Wildman–Crippen LogP) is 2.75. The summed E-state index contributed by atoms with van der Waals surface area (Å²) in [6.45, 7) is 3.25. The van der Waals surface area contributed by atoms with Crippen molar-refractivity contribution >= 4 is 11.7 Å². The van der Waals surface area contributed by atoms with Crippen molar-refractivity contribution in [3.05, 3.63) is 59.2 Å². The number of aromatic carboxylic acids is 1. The van der Waals surface area contributed by atoms with E-state index < -0.39 is 5.97 Å². The van der Waals surface area contributed by atoms with Crippen molar-refractivity contribution < 1.29 is 14.6 Å². The van der Waals surface area contributed by atoms with Gasteiger partial charge in [0.15, 0.2) is 0 Å². The number of hydrogen-bond donors (Lipinski definition) is 2. The Hall–Kier alpha value is -2.53. The van der Waals surface area contributed by atoms with Crippen molar-refractivity contribution in [2.75, 3.05) is 18.9 Å². The number of nitrogens with two attached hydrogens (primary N) is 1. The number of nitrogen functional groups attached to an aromatic ring is 1. The van der Waals surface area contributed by atoms with E-state index in [4.69, 9.17) is 15.6 Å². The first-order chi connectivity index (χ1) is 11.1. The summed E-state index contributed by atoms with van der Waals surface area (Å²) in [4.78, 5) is 13.3. The van der Waals surface area contributed by atoms with Gasteiger partial charge in [-0.05, 0) is 53.9 Å². The molecule has 0 atom stereocenters. The molecule has 0 spiro atoms. The molecule has 120 valence electrons. The summed E-state index contributed by atoms with van der Waals surface area (Å²) in [6, 6.07) is 12.8. The van der Waals surface area contributed by atoms with Gasteiger partial charge in [-0.1, -0.05) is 6.07 Å². The average molecular weight is 312 g/mol. The molecule has 0 radical (unpaired) electrons. The first-order valence-electron chi connectivity index (χ1n) is 7.67. The third kappa shape index (κ3) is 3.81. The molecule has 1 aliphatic rings. The van der Waals surface area contributed by atoms with Gasteiger partial charge in [-0.15, -0.1) is 0 Å². The fourth-order valence-corrected chi connectivity index (χ4v) is 2.80. The molecule has 1 aliphatic heterocycles. The van der Waals surface area contributed by atoms with Crippen LogP contribution in [0.1, 0.15) is 27.9 Å². The van der Waals surface area contributed by atoms with Crippen molar-refractivity contribution in [3.8, 4) is 5.75 Å². The van der Waals surface area contributed by atoms with Gasteiger partial charge in [0, 0.05) is 25.3 Å². The summed E-state index contributed by atoms with van der Waals surface area (Å²) >= 11 is 0. The fraction of sp³-hybridized carbons (Fsp3) is 0.278. The van der Waals surface area contributed by atoms with Gasteiger partial charge in [0.2, 0.25) is 0 Å². The van der Waals surface area contributed by atoms with Crippen LogP contribution in [-0.2, 0) is 13.1 Å². The second-order valence-electron chi connectivity index (χ2n) is 5.77. The van der Waals surface area contributed by atoms with Crippen LogP contribution in [0.2, 0.25) is 0 Å². The van der Waals surface area contributed by atoms with Crippen molar-refractivity contribution in [2.45, 2.75) is 19.5 Å². The zero-order valence-electron chi connectivity index (χ0n) is 12.9. The Kier molecular flexibility index (Phi) is 4.48. The Morgan fingerprint density at radius 3 is 2.61 bits per heavy atom. The number of hydrogen-bond acceptors (Lipinski definition) is 4. The van der Waals surface area contributed by atoms with Gasteiger partial charge in [0.25, 0.3) is 0 Å². The molecule has 23 heavy (non-hydrogen) atoms. The Balaban J connectivity index is 1.45. The number of ether oxygens (including phenoxy) is 1. The molecule has 0 saturated carbocycles. The van der Waals surface area contributed by atoms with Gasteiger partial charge in [-0.2, -0.15) is 0 Å². The van der Waals surface area contributed by atoms with Gasteiger partial charge in [-0.3, -0.25) is 4.90 Å². The van der Waals surface area contributed by atoms with Gasteiger partial charge in [0.05, 0.1) is 12.2 Å². The third-order valence-corrected chi connectivity index (χ3v) is 4.01. The molecule has 0 aromatic heterocycles. The van der Waals surface area contributed by atoms with Gasteiger partial charge in [0.1, 0.15) is 5.75 Å². The van der Waals surface area contributed by atoms with Crippen LogP contribution in [-0.4, -0.2) is 29.1 Å². The van der Waals surface area contributed by atoms with Crippen molar-refractivity contribution in [1.29, 1.82) is 0 Å². The van der Waals surface area contributed by atoms with E-state index >= 15 is 0 Å². The minimum Gasteiger partial charge on any atom is -0.494 e. The molecule has 2 aromatic rings. The van der Waals surface area contributed by atoms with Crippen molar-refractivity contribution in [2.24, 2.45) is 0 Å². The summed E-state index contributed by atoms with van der Waals surface area (Å²) < 4.78 is 5.69. The molecule has 3 rings (SSSR count). The van der Waals surface area contributed by atoms with Crippen molar-refractivity contribution in [1.82, 2.24) is 4.90 Å². The number of carboxylic acids is 1. The van der Waals surface area contributed by atoms with Crippen LogP contribution in [0.5, 0.6) is 5.75 Å². The largest absolute Gasteiger partial charge is 0.494 e. The van der Waals surface area contributed by atoms with Gasteiger partial charge in [-0.25, -0.2) is 4.79 Å². The second-order valence-corrected chi connectivity index (χ2v) is 5.77. The van der Waals surface area contributed by atoms with E-state index in [2.05, 4.69) is 4.90 Å². The van der Waals surface area contributed by atoms with E-state index in [9.17, 15) is 4.79 Å². The lowest BCUT2D eigenvalue weighted by molar-refractivity contribution is 0.0696. The summed E-state index contributed by atoms with van der Waals surface area (Å²) in [5, 5.41) is 9.04. The molecule has 5 heteroatoms. The van der Waals surface area contributed by atoms with E-state index in [1.165, 1.54) is 5.56 Å². The Labute approximate surface area is 135 Å². The van der Waals surface area contributed by atoms with Crippen LogP contribution in [0, 0.1) is 0 Å². The monoisotopic (exact) mass is 312 g/mol. The van der Waals surface area contributed by atoms with Crippen LogP contribution in [0.3, 0.4) is 0 Å². The molecule has 5 nitrogen and oxygen atoms in total. The molecule has 0 amide bonds. The quantitative estimate of drug-likeness (QED) is 0.633. The summed E-state index contributed by atoms with van der Waals surface area (Å²) in [6.07, 6.45) is 0.921. The number of rotatable bonds is 6. The number of benzene rings is 2. The van der Waals surface area contributed by atoms with Crippen LogP contribution >= 0.6 is 0 Å². The number of carbonyl (C=O) groups is 1. The molecule has 0 bridgehead atoms. The maximum absolute atomic E-state index is 11.0. The number of carboxylic acid groups (broad SMARTS) is 1. The summed E-state index contributed by atoms with van der Waals surface area (Å²) in [5.74, 6) is -0.0434. The zero-order chi connectivity index (χ0) is 16.2. The molecular weight excluding hydrogens is 292 g/mol. The highest BCUT2D eigenvalue weighted by molar-refractivity contribution is 5.87. The molecule has 1 heterocycles. The first kappa shape index (κ1) is 15.4. The molecule has 3 N–H and O–H groups in total. The standard InChI is InChI=1S/C18H20N2O3/c19-16-4-6-17(7-5-16)23-9-1-8-20-11-14-3-2-13(18(21)22)10-15(14)12-20/h2-7,10H,1,8-9,11-12,19H2,(H,21,22). The summed E-state index contributed by atoms with van der Waals surface area (Å²) in [7, 11) is 0. The Morgan fingerprint density at radius 1 is 1.13 bits per heavy atom. The van der Waals surface area contributed by atoms with Crippen LogP contribution in [0.25, 0.3) is 0 Å². The fourth-order valence-electron chi connectivity index (χ4n) is 2.80. The van der Waals surface area contributed by atoms with E-state index in [0.29, 0.717) is 12.2 Å². The van der Waals surface area contributed by atoms with Crippen LogP contribution in [0.4, 0.5) is 5.69 Å². The molecule has 0 aliphatic carbocycles. The average Bonchev–Trinajstić information content (AvgIpc) is 2.95. The lowest BCUT2D eigenvalue weighted by atomic mass is 10.1. The van der Waals surface area contributed by atoms with Crippen LogP contribution < -0.4 is 10.5 Å². The van der Waals surface area contributed by atoms with E-state index in [-0.39, 0.29) is 0 Å². The van der Waals surface area contributed by atoms with Gasteiger partial charge < -0.3 is 15.6 Å². The predicted molar refractivity (Wildman–Crippen MR) is 88.5 cm³/mol. The SMILES string of the molecule is Nc1ccc(OCCCN2Cc3ccc(C(=O)O)cc3C2)cc1. The maximum atomic E-state index is 11.0. The topological polar surface area (TPSA) is 75.8 Å². The van der Waals surface area contributed by atoms with E-state index in [1.54, 1.807) is 12.1 Å². The Bertz CT molecular complexity index is 698. The highest BCUT2D eigenvalue weighted by atomic mass is 16.5. The Morgan fingerprint density at radius 2 is 1.87 bits per heavy atom. The maximum Gasteiger partial charge on any atom is 0.335 e. The molecular formula is C18H20N2O3. The first-order valence-corrected chi connectivity index (χ1v) is 7.67. The number of nitrogens with zero attached hydrogens (tertiary/aromatic N) is 1. The molecule has 0 unspecified atom stereocenters. The minimum absolute atomic E-state index is 0.359. The lowest BCUT2D eigenvalue weighted by Gasteiger charge is -2.14. The normalized spacial score (nSPS) is 13.7. The van der Waals surface area contributed by atoms with E-state index in [1.807, 2.05) is 30.3 Å². The van der Waals surface area contributed by atoms with Crippen LogP contribution in [0.15, 0.2) is 42.5 Å². The third-order valence-electron chi connectivity index (χ3n) is 4.01. The number of fused-ring (bicyclic) bond motifs is 1. The van der Waals surface area contributed by atoms with E-state index in [0.717, 1.165) is 43.1 Å². The lowest BCUT2D eigenvalue weighted by Crippen LogP contribution is -2.19. The second kappa shape index (κ2) is 6.71. The van der Waals surface area contributed by atoms with Crippen molar-refractivity contribution in [3.63, 3.8) is 0 Å². The molecule has 0 fully saturated rings. The molecule has 0 saturated heterocycles. The highest BCUT2D eigenvalue weighted by Gasteiger charge is 2.19. The molecule has 2 aromatic carbocycles. The van der Waals surface area contributed by atoms with Gasteiger partial charge >= 0.3 is 5.97 Å². The minimum atomic E-state index is -0.872. The smallest absolute Gasteiger partial charge is 0.335 e.